The van der Waals surface area contributed by atoms with Crippen LogP contribution in [0, 0.1) is 20.8 Å². The Morgan fingerprint density at radius 3 is 2.28 bits per heavy atom. The fourth-order valence-corrected chi connectivity index (χ4v) is 4.90. The molecule has 0 bridgehead atoms. The van der Waals surface area contributed by atoms with Crippen LogP contribution in [0.15, 0.2) is 77.3 Å². The summed E-state index contributed by atoms with van der Waals surface area (Å²) in [6.07, 6.45) is 0.271. The van der Waals surface area contributed by atoms with Gasteiger partial charge in [-0.3, -0.25) is 19.1 Å². The molecule has 1 N–H and O–H groups in total. The molecule has 3 amide bonds. The number of Topliss-reactive ketones (excluding diaryl/α,β-unsaturated/α-hetero) is 1. The minimum atomic E-state index is -1.30. The Kier molecular flexibility index (Phi) is 5.80. The maximum absolute atomic E-state index is 13.9. The Balaban J connectivity index is 1.46. The van der Waals surface area contributed by atoms with E-state index in [2.05, 4.69) is 10.5 Å². The van der Waals surface area contributed by atoms with Crippen molar-refractivity contribution in [2.75, 3.05) is 6.54 Å². The molecule has 2 aromatic carbocycles. The van der Waals surface area contributed by atoms with Crippen LogP contribution in [-0.4, -0.2) is 38.9 Å². The molecule has 182 valence electrons. The second kappa shape index (κ2) is 8.96. The molecule has 3 heterocycles. The van der Waals surface area contributed by atoms with Crippen molar-refractivity contribution in [2.45, 2.75) is 32.7 Å². The molecule has 2 aromatic heterocycles. The third-order valence-electron chi connectivity index (χ3n) is 6.63. The highest BCUT2D eigenvalue weighted by Crippen LogP contribution is 2.33. The van der Waals surface area contributed by atoms with Gasteiger partial charge in [0.05, 0.1) is 6.54 Å². The maximum Gasteiger partial charge on any atom is 0.325 e. The molecule has 8 nitrogen and oxygen atoms in total. The Bertz CT molecular complexity index is 1460. The van der Waals surface area contributed by atoms with Crippen LogP contribution < -0.4 is 5.32 Å². The van der Waals surface area contributed by atoms with Gasteiger partial charge in [0.25, 0.3) is 5.91 Å². The van der Waals surface area contributed by atoms with Crippen LogP contribution in [0.4, 0.5) is 4.79 Å². The molecule has 5 rings (SSSR count). The number of nitrogens with one attached hydrogen (secondary N) is 1. The van der Waals surface area contributed by atoms with Crippen LogP contribution in [0.1, 0.15) is 38.6 Å². The first-order valence-electron chi connectivity index (χ1n) is 11.7. The van der Waals surface area contributed by atoms with E-state index in [0.29, 0.717) is 28.4 Å². The number of nitrogens with zero attached hydrogens (tertiary/aromatic N) is 3. The number of aryl methyl sites for hydroxylation is 2. The third kappa shape index (κ3) is 3.90. The summed E-state index contributed by atoms with van der Waals surface area (Å²) in [5, 5.41) is 6.95. The van der Waals surface area contributed by atoms with E-state index in [1.807, 2.05) is 72.2 Å². The van der Waals surface area contributed by atoms with E-state index in [9.17, 15) is 14.4 Å². The van der Waals surface area contributed by atoms with Gasteiger partial charge in [-0.15, -0.1) is 0 Å². The molecule has 36 heavy (non-hydrogen) atoms. The molecule has 1 aliphatic rings. The summed E-state index contributed by atoms with van der Waals surface area (Å²) < 4.78 is 7.01. The number of benzene rings is 2. The van der Waals surface area contributed by atoms with Gasteiger partial charge in [0.1, 0.15) is 5.76 Å². The molecule has 1 unspecified atom stereocenters. The lowest BCUT2D eigenvalue weighted by atomic mass is 9.83. The van der Waals surface area contributed by atoms with E-state index in [-0.39, 0.29) is 18.7 Å². The zero-order valence-corrected chi connectivity index (χ0v) is 20.3. The van der Waals surface area contributed by atoms with Gasteiger partial charge in [-0.05, 0) is 38.0 Å². The van der Waals surface area contributed by atoms with Gasteiger partial charge in [0.2, 0.25) is 0 Å². The minimum absolute atomic E-state index is 0.271. The van der Waals surface area contributed by atoms with Crippen LogP contribution in [0.25, 0.3) is 5.82 Å². The summed E-state index contributed by atoms with van der Waals surface area (Å²) in [5.41, 5.74) is 2.15. The second-order valence-corrected chi connectivity index (χ2v) is 9.09. The van der Waals surface area contributed by atoms with Gasteiger partial charge >= 0.3 is 6.03 Å². The molecule has 1 aliphatic heterocycles. The molecule has 0 spiro atoms. The predicted octanol–water partition coefficient (Wildman–Crippen LogP) is 4.26. The van der Waals surface area contributed by atoms with Crippen molar-refractivity contribution in [3.8, 4) is 5.82 Å². The zero-order chi connectivity index (χ0) is 25.4. The number of aromatic nitrogens is 2. The van der Waals surface area contributed by atoms with Crippen LogP contribution >= 0.6 is 0 Å². The SMILES string of the molecule is Cc1cc(-n2c(C)cc(C(=O)CN3C(=O)NC(Cc4ccccc4)(c4ccccc4)C3=O)c2C)no1. The number of hydrogen-bond acceptors (Lipinski definition) is 5. The second-order valence-electron chi connectivity index (χ2n) is 9.09. The van der Waals surface area contributed by atoms with Crippen molar-refractivity contribution in [3.05, 3.63) is 107 Å². The number of amides is 3. The highest BCUT2D eigenvalue weighted by Gasteiger charge is 2.52. The smallest absolute Gasteiger partial charge is 0.325 e. The first-order valence-corrected chi connectivity index (χ1v) is 11.7. The Labute approximate surface area is 208 Å². The first-order chi connectivity index (χ1) is 17.3. The Morgan fingerprint density at radius 2 is 1.64 bits per heavy atom. The Hall–Kier alpha value is -4.46. The summed E-state index contributed by atoms with van der Waals surface area (Å²) in [7, 11) is 0. The number of ketones is 1. The highest BCUT2D eigenvalue weighted by atomic mass is 16.5. The van der Waals surface area contributed by atoms with Crippen LogP contribution in [0.2, 0.25) is 0 Å². The molecule has 0 aliphatic carbocycles. The summed E-state index contributed by atoms with van der Waals surface area (Å²) in [4.78, 5) is 41.4. The van der Waals surface area contributed by atoms with E-state index in [1.165, 1.54) is 0 Å². The van der Waals surface area contributed by atoms with Crippen molar-refractivity contribution >= 4 is 17.7 Å². The van der Waals surface area contributed by atoms with Crippen molar-refractivity contribution in [3.63, 3.8) is 0 Å². The maximum atomic E-state index is 13.9. The summed E-state index contributed by atoms with van der Waals surface area (Å²) in [5.74, 6) is 0.446. The molecule has 1 saturated heterocycles. The lowest BCUT2D eigenvalue weighted by Crippen LogP contribution is -2.46. The lowest BCUT2D eigenvalue weighted by molar-refractivity contribution is -0.131. The third-order valence-corrected chi connectivity index (χ3v) is 6.63. The average molecular weight is 483 g/mol. The standard InChI is InChI=1S/C28H26N4O4/c1-18-14-23(20(3)32(18)25-15-19(2)36-30-25)24(33)17-31-26(34)28(29-27(31)35,22-12-8-5-9-13-22)16-21-10-6-4-7-11-21/h4-15H,16-17H2,1-3H3,(H,29,35). The summed E-state index contributed by atoms with van der Waals surface area (Å²) in [6.45, 7) is 5.10. The molecule has 0 radical (unpaired) electrons. The van der Waals surface area contributed by atoms with Crippen molar-refractivity contribution < 1.29 is 18.9 Å². The Morgan fingerprint density at radius 1 is 0.972 bits per heavy atom. The fourth-order valence-electron chi connectivity index (χ4n) is 4.90. The molecule has 4 aromatic rings. The first kappa shape index (κ1) is 23.3. The number of carbonyl (C=O) groups is 3. The number of hydrogen-bond donors (Lipinski definition) is 1. The van der Waals surface area contributed by atoms with Crippen molar-refractivity contribution in [2.24, 2.45) is 0 Å². The average Bonchev–Trinajstić information content (AvgIpc) is 3.50. The van der Waals surface area contributed by atoms with Gasteiger partial charge in [0.15, 0.2) is 17.1 Å². The highest BCUT2D eigenvalue weighted by molar-refractivity contribution is 6.11. The monoisotopic (exact) mass is 482 g/mol. The topological polar surface area (TPSA) is 97.4 Å². The number of imide groups is 1. The van der Waals surface area contributed by atoms with Gasteiger partial charge < -0.3 is 9.84 Å². The van der Waals surface area contributed by atoms with E-state index in [0.717, 1.165) is 16.2 Å². The summed E-state index contributed by atoms with van der Waals surface area (Å²) >= 11 is 0. The zero-order valence-electron chi connectivity index (χ0n) is 20.3. The largest absolute Gasteiger partial charge is 0.360 e. The van der Waals surface area contributed by atoms with E-state index in [1.54, 1.807) is 26.0 Å². The van der Waals surface area contributed by atoms with E-state index < -0.39 is 17.5 Å². The van der Waals surface area contributed by atoms with E-state index >= 15 is 0 Å². The quantitative estimate of drug-likeness (QED) is 0.314. The fraction of sp³-hybridized carbons (Fsp3) is 0.214. The van der Waals surface area contributed by atoms with E-state index in [4.69, 9.17) is 4.52 Å². The predicted molar refractivity (Wildman–Crippen MR) is 133 cm³/mol. The minimum Gasteiger partial charge on any atom is -0.360 e. The summed E-state index contributed by atoms with van der Waals surface area (Å²) in [6, 6.07) is 21.6. The molecule has 0 saturated carbocycles. The number of carbonyl (C=O) groups excluding carboxylic acids is 3. The molecule has 1 atom stereocenters. The molecule has 1 fully saturated rings. The molecule has 8 heteroatoms. The lowest BCUT2D eigenvalue weighted by Gasteiger charge is -2.27. The normalized spacial score (nSPS) is 17.5. The molecular weight excluding hydrogens is 456 g/mol. The van der Waals surface area contributed by atoms with Gasteiger partial charge in [-0.2, -0.15) is 0 Å². The van der Waals surface area contributed by atoms with Gasteiger partial charge in [0, 0.05) is 29.4 Å². The molecular formula is C28H26N4O4. The number of urea groups is 1. The van der Waals surface area contributed by atoms with Gasteiger partial charge in [-0.25, -0.2) is 4.79 Å². The van der Waals surface area contributed by atoms with Crippen LogP contribution in [-0.2, 0) is 16.8 Å². The van der Waals surface area contributed by atoms with Crippen LogP contribution in [0.5, 0.6) is 0 Å². The van der Waals surface area contributed by atoms with Crippen molar-refractivity contribution in [1.29, 1.82) is 0 Å². The van der Waals surface area contributed by atoms with Gasteiger partial charge in [-0.1, -0.05) is 65.8 Å². The number of rotatable bonds is 7. The van der Waals surface area contributed by atoms with Crippen molar-refractivity contribution in [1.82, 2.24) is 19.9 Å². The van der Waals surface area contributed by atoms with Crippen LogP contribution in [0.3, 0.4) is 0 Å².